The van der Waals surface area contributed by atoms with Gasteiger partial charge in [-0.3, -0.25) is 4.79 Å². The number of nitrogens with one attached hydrogen (secondary N) is 2. The van der Waals surface area contributed by atoms with E-state index in [1.807, 2.05) is 18.2 Å². The number of halogens is 1. The number of hydrogen-bond acceptors (Lipinski definition) is 1. The first kappa shape index (κ1) is 16.5. The van der Waals surface area contributed by atoms with E-state index in [0.29, 0.717) is 5.88 Å². The molecule has 0 bridgehead atoms. The van der Waals surface area contributed by atoms with Crippen LogP contribution in [0.25, 0.3) is 11.6 Å². The average molecular weight is 355 g/mol. The fourth-order valence-electron chi connectivity index (χ4n) is 4.04. The normalized spacial score (nSPS) is 19.6. The zero-order chi connectivity index (χ0) is 17.6. The van der Waals surface area contributed by atoms with E-state index in [1.54, 1.807) is 0 Å². The lowest BCUT2D eigenvalue weighted by molar-refractivity contribution is -0.110. The molecule has 0 spiro atoms. The van der Waals surface area contributed by atoms with Crippen molar-refractivity contribution in [1.82, 2.24) is 4.98 Å². The summed E-state index contributed by atoms with van der Waals surface area (Å²) in [6.07, 6.45) is 6.30. The minimum Gasteiger partial charge on any atom is -0.359 e. The highest BCUT2D eigenvalue weighted by Crippen LogP contribution is 2.39. The molecule has 1 aliphatic carbocycles. The van der Waals surface area contributed by atoms with Gasteiger partial charge in [0.25, 0.3) is 5.91 Å². The molecule has 0 saturated carbocycles. The molecule has 25 heavy (non-hydrogen) atoms. The fourth-order valence-corrected chi connectivity index (χ4v) is 4.26. The SMILES string of the molecule is CC1(C)CCCc2[nH]c(C=C3C(=O)Nc4ccc(CCCl)cc43)cc21. The fraction of sp³-hybridized carbons (Fsp3) is 0.381. The van der Waals surface area contributed by atoms with Crippen LogP contribution in [-0.4, -0.2) is 16.8 Å². The zero-order valence-corrected chi connectivity index (χ0v) is 15.5. The lowest BCUT2D eigenvalue weighted by Crippen LogP contribution is -2.22. The second-order valence-electron chi connectivity index (χ2n) is 7.69. The van der Waals surface area contributed by atoms with Crippen LogP contribution in [0, 0.1) is 0 Å². The maximum atomic E-state index is 12.5. The first-order valence-corrected chi connectivity index (χ1v) is 9.46. The highest BCUT2D eigenvalue weighted by Gasteiger charge is 2.30. The van der Waals surface area contributed by atoms with Gasteiger partial charge in [0.2, 0.25) is 0 Å². The predicted molar refractivity (Wildman–Crippen MR) is 104 cm³/mol. The molecular weight excluding hydrogens is 332 g/mol. The summed E-state index contributed by atoms with van der Waals surface area (Å²) >= 11 is 5.86. The molecule has 3 nitrogen and oxygen atoms in total. The zero-order valence-electron chi connectivity index (χ0n) is 14.7. The van der Waals surface area contributed by atoms with E-state index < -0.39 is 0 Å². The van der Waals surface area contributed by atoms with Crippen LogP contribution in [0.2, 0.25) is 0 Å². The Labute approximate surface area is 153 Å². The molecule has 0 saturated heterocycles. The number of alkyl halides is 1. The Morgan fingerprint density at radius 1 is 1.28 bits per heavy atom. The molecular formula is C21H23ClN2O. The smallest absolute Gasteiger partial charge is 0.256 e. The number of H-pyrrole nitrogens is 1. The van der Waals surface area contributed by atoms with Gasteiger partial charge in [0.15, 0.2) is 0 Å². The van der Waals surface area contributed by atoms with Crippen LogP contribution in [-0.2, 0) is 23.1 Å². The first-order valence-electron chi connectivity index (χ1n) is 8.92. The summed E-state index contributed by atoms with van der Waals surface area (Å²) in [7, 11) is 0. The van der Waals surface area contributed by atoms with Crippen LogP contribution in [0.1, 0.15) is 54.8 Å². The summed E-state index contributed by atoms with van der Waals surface area (Å²) in [5.74, 6) is 0.544. The highest BCUT2D eigenvalue weighted by atomic mass is 35.5. The lowest BCUT2D eigenvalue weighted by atomic mass is 9.75. The summed E-state index contributed by atoms with van der Waals surface area (Å²) in [4.78, 5) is 16.0. The molecule has 130 valence electrons. The van der Waals surface area contributed by atoms with Gasteiger partial charge in [0.1, 0.15) is 0 Å². The van der Waals surface area contributed by atoms with Gasteiger partial charge in [0, 0.05) is 28.5 Å². The van der Waals surface area contributed by atoms with Crippen LogP contribution >= 0.6 is 11.6 Å². The van der Waals surface area contributed by atoms with Crippen molar-refractivity contribution in [3.63, 3.8) is 0 Å². The number of carbonyl (C=O) groups excluding carboxylic acids is 1. The second kappa shape index (κ2) is 6.06. The molecule has 1 aliphatic heterocycles. The van der Waals surface area contributed by atoms with Crippen LogP contribution in [0.15, 0.2) is 24.3 Å². The van der Waals surface area contributed by atoms with E-state index in [-0.39, 0.29) is 11.3 Å². The summed E-state index contributed by atoms with van der Waals surface area (Å²) < 4.78 is 0. The monoisotopic (exact) mass is 354 g/mol. The molecule has 2 heterocycles. The van der Waals surface area contributed by atoms with Crippen LogP contribution in [0.5, 0.6) is 0 Å². The minimum absolute atomic E-state index is 0.0372. The number of aryl methyl sites for hydroxylation is 2. The third kappa shape index (κ3) is 2.91. The van der Waals surface area contributed by atoms with Gasteiger partial charge in [-0.05, 0) is 66.5 Å². The van der Waals surface area contributed by atoms with Gasteiger partial charge < -0.3 is 10.3 Å². The molecule has 0 atom stereocenters. The third-order valence-electron chi connectivity index (χ3n) is 5.43. The first-order chi connectivity index (χ1) is 12.0. The Morgan fingerprint density at radius 3 is 2.88 bits per heavy atom. The molecule has 0 radical (unpaired) electrons. The average Bonchev–Trinajstić information content (AvgIpc) is 3.11. The quantitative estimate of drug-likeness (QED) is 0.597. The summed E-state index contributed by atoms with van der Waals surface area (Å²) in [6.45, 7) is 4.59. The minimum atomic E-state index is -0.0372. The number of anilines is 1. The number of carbonyl (C=O) groups is 1. The third-order valence-corrected chi connectivity index (χ3v) is 5.62. The molecule has 2 N–H and O–H groups in total. The summed E-state index contributed by atoms with van der Waals surface area (Å²) in [5.41, 5.74) is 7.65. The van der Waals surface area contributed by atoms with Gasteiger partial charge in [-0.25, -0.2) is 0 Å². The van der Waals surface area contributed by atoms with Gasteiger partial charge in [0.05, 0.1) is 5.57 Å². The lowest BCUT2D eigenvalue weighted by Gasteiger charge is -2.29. The van der Waals surface area contributed by atoms with Crippen molar-refractivity contribution < 1.29 is 4.79 Å². The van der Waals surface area contributed by atoms with Crippen LogP contribution in [0.3, 0.4) is 0 Å². The number of aromatic nitrogens is 1. The Bertz CT molecular complexity index is 876. The van der Waals surface area contributed by atoms with E-state index in [2.05, 4.69) is 36.3 Å². The van der Waals surface area contributed by atoms with Crippen LogP contribution in [0.4, 0.5) is 5.69 Å². The summed E-state index contributed by atoms with van der Waals surface area (Å²) in [5, 5.41) is 2.96. The molecule has 2 aliphatic rings. The Morgan fingerprint density at radius 2 is 2.12 bits per heavy atom. The van der Waals surface area contributed by atoms with E-state index >= 15 is 0 Å². The van der Waals surface area contributed by atoms with E-state index in [0.717, 1.165) is 40.9 Å². The van der Waals surface area contributed by atoms with Gasteiger partial charge in [-0.1, -0.05) is 19.9 Å². The van der Waals surface area contributed by atoms with E-state index in [1.165, 1.54) is 24.1 Å². The Hall–Kier alpha value is -2.00. The highest BCUT2D eigenvalue weighted by molar-refractivity contribution is 6.34. The number of aromatic amines is 1. The maximum Gasteiger partial charge on any atom is 0.256 e. The van der Waals surface area contributed by atoms with Gasteiger partial charge in [-0.15, -0.1) is 11.6 Å². The number of hydrogen-bond donors (Lipinski definition) is 2. The molecule has 0 fully saturated rings. The van der Waals surface area contributed by atoms with Gasteiger partial charge in [-0.2, -0.15) is 0 Å². The van der Waals surface area contributed by atoms with E-state index in [9.17, 15) is 4.79 Å². The number of amides is 1. The molecule has 1 amide bonds. The maximum absolute atomic E-state index is 12.5. The van der Waals surface area contributed by atoms with Gasteiger partial charge >= 0.3 is 0 Å². The molecule has 1 aromatic heterocycles. The van der Waals surface area contributed by atoms with Crippen molar-refractivity contribution in [1.29, 1.82) is 0 Å². The number of rotatable bonds is 3. The molecule has 0 unspecified atom stereocenters. The van der Waals surface area contributed by atoms with Crippen molar-refractivity contribution in [2.24, 2.45) is 0 Å². The van der Waals surface area contributed by atoms with E-state index in [4.69, 9.17) is 11.6 Å². The van der Waals surface area contributed by atoms with Crippen molar-refractivity contribution in [3.05, 3.63) is 52.3 Å². The Kier molecular flexibility index (Phi) is 3.99. The second-order valence-corrected chi connectivity index (χ2v) is 8.06. The topological polar surface area (TPSA) is 44.9 Å². The predicted octanol–water partition coefficient (Wildman–Crippen LogP) is 4.90. The van der Waals surface area contributed by atoms with Crippen molar-refractivity contribution in [2.45, 2.75) is 44.9 Å². The van der Waals surface area contributed by atoms with Crippen molar-refractivity contribution >= 4 is 34.8 Å². The standard InChI is InChI=1S/C21H23ClN2O/c1-21(2)8-3-4-19-17(21)12-14(23-19)11-16-15-10-13(7-9-22)5-6-18(15)24-20(16)25/h5-6,10-12,23H,3-4,7-9H2,1-2H3,(H,24,25). The number of fused-ring (bicyclic) bond motifs is 2. The van der Waals surface area contributed by atoms with Crippen molar-refractivity contribution in [2.75, 3.05) is 11.2 Å². The number of benzene rings is 1. The molecule has 2 aromatic rings. The van der Waals surface area contributed by atoms with Crippen LogP contribution < -0.4 is 5.32 Å². The Balaban J connectivity index is 1.75. The largest absolute Gasteiger partial charge is 0.359 e. The van der Waals surface area contributed by atoms with Crippen molar-refractivity contribution in [3.8, 4) is 0 Å². The summed E-state index contributed by atoms with van der Waals surface area (Å²) in [6, 6.07) is 8.29. The molecule has 1 aromatic carbocycles. The molecule has 4 heteroatoms. The molecule has 4 rings (SSSR count).